The highest BCUT2D eigenvalue weighted by atomic mass is 19.1. The van der Waals surface area contributed by atoms with Crippen LogP contribution in [-0.4, -0.2) is 11.2 Å². The van der Waals surface area contributed by atoms with Crippen LogP contribution in [0.3, 0.4) is 0 Å². The molecule has 0 aliphatic carbocycles. The molecule has 3 nitrogen and oxygen atoms in total. The zero-order chi connectivity index (χ0) is 10.7. The van der Waals surface area contributed by atoms with Gasteiger partial charge in [-0.3, -0.25) is 0 Å². The second-order valence-corrected chi connectivity index (χ2v) is 3.32. The Morgan fingerprint density at radius 2 is 2.14 bits per heavy atom. The van der Waals surface area contributed by atoms with Crippen molar-refractivity contribution in [3.63, 3.8) is 0 Å². The lowest BCUT2D eigenvalue weighted by atomic mass is 10.0. The summed E-state index contributed by atoms with van der Waals surface area (Å²) in [7, 11) is 0. The summed E-state index contributed by atoms with van der Waals surface area (Å²) in [6.07, 6.45) is -0.696. The van der Waals surface area contributed by atoms with E-state index in [4.69, 9.17) is 11.5 Å². The standard InChI is InChI=1S/C10H15FN2O/c1-6(14)10(13)7-2-3-8(5-12)9(11)4-7/h2-4,6,10,14H,5,12-13H2,1H3/t6-,10+/m1/s1. The van der Waals surface area contributed by atoms with Crippen molar-refractivity contribution in [1.29, 1.82) is 0 Å². The largest absolute Gasteiger partial charge is 0.391 e. The van der Waals surface area contributed by atoms with Crippen LogP contribution < -0.4 is 11.5 Å². The van der Waals surface area contributed by atoms with Crippen LogP contribution in [-0.2, 0) is 6.54 Å². The zero-order valence-electron chi connectivity index (χ0n) is 8.07. The molecule has 0 fully saturated rings. The molecule has 0 bridgehead atoms. The molecule has 2 atom stereocenters. The van der Waals surface area contributed by atoms with Crippen LogP contribution in [0.1, 0.15) is 24.1 Å². The van der Waals surface area contributed by atoms with Crippen molar-refractivity contribution < 1.29 is 9.50 Å². The summed E-state index contributed by atoms with van der Waals surface area (Å²) in [5.74, 6) is -0.374. The molecule has 14 heavy (non-hydrogen) atoms. The number of rotatable bonds is 3. The molecule has 0 aliphatic heterocycles. The predicted molar refractivity (Wildman–Crippen MR) is 52.9 cm³/mol. The fraction of sp³-hybridized carbons (Fsp3) is 0.400. The van der Waals surface area contributed by atoms with Crippen LogP contribution in [0.2, 0.25) is 0 Å². The number of benzene rings is 1. The van der Waals surface area contributed by atoms with Gasteiger partial charge in [0.15, 0.2) is 0 Å². The van der Waals surface area contributed by atoms with Crippen LogP contribution in [0.25, 0.3) is 0 Å². The molecule has 4 heteroatoms. The molecule has 0 saturated heterocycles. The Bertz CT molecular complexity index is 315. The number of hydrogen-bond donors (Lipinski definition) is 3. The van der Waals surface area contributed by atoms with Gasteiger partial charge in [0.2, 0.25) is 0 Å². The van der Waals surface area contributed by atoms with Gasteiger partial charge in [-0.2, -0.15) is 0 Å². The molecular weight excluding hydrogens is 183 g/mol. The quantitative estimate of drug-likeness (QED) is 0.668. The molecule has 0 spiro atoms. The first-order chi connectivity index (χ1) is 6.56. The SMILES string of the molecule is C[C@@H](O)[C@H](N)c1ccc(CN)c(F)c1. The van der Waals surface area contributed by atoms with Crippen molar-refractivity contribution in [3.05, 3.63) is 35.1 Å². The Morgan fingerprint density at radius 3 is 2.57 bits per heavy atom. The normalized spacial score (nSPS) is 15.2. The maximum atomic E-state index is 13.3. The number of nitrogens with two attached hydrogens (primary N) is 2. The second-order valence-electron chi connectivity index (χ2n) is 3.32. The van der Waals surface area contributed by atoms with E-state index in [2.05, 4.69) is 0 Å². The summed E-state index contributed by atoms with van der Waals surface area (Å²) in [4.78, 5) is 0. The van der Waals surface area contributed by atoms with Gasteiger partial charge in [0, 0.05) is 12.1 Å². The summed E-state index contributed by atoms with van der Waals surface area (Å²) >= 11 is 0. The van der Waals surface area contributed by atoms with Gasteiger partial charge in [-0.1, -0.05) is 12.1 Å². The maximum Gasteiger partial charge on any atom is 0.128 e. The van der Waals surface area contributed by atoms with E-state index in [-0.39, 0.29) is 12.4 Å². The highest BCUT2D eigenvalue weighted by molar-refractivity contribution is 5.26. The van der Waals surface area contributed by atoms with E-state index in [0.29, 0.717) is 11.1 Å². The highest BCUT2D eigenvalue weighted by Gasteiger charge is 2.13. The molecule has 5 N–H and O–H groups in total. The smallest absolute Gasteiger partial charge is 0.128 e. The monoisotopic (exact) mass is 198 g/mol. The Morgan fingerprint density at radius 1 is 1.50 bits per heavy atom. The molecule has 0 amide bonds. The first-order valence-electron chi connectivity index (χ1n) is 4.48. The molecule has 0 aliphatic rings. The van der Waals surface area contributed by atoms with Gasteiger partial charge in [0.1, 0.15) is 5.82 Å². The summed E-state index contributed by atoms with van der Waals surface area (Å²) < 4.78 is 13.3. The number of hydrogen-bond acceptors (Lipinski definition) is 3. The fourth-order valence-corrected chi connectivity index (χ4v) is 1.21. The maximum absolute atomic E-state index is 13.3. The number of halogens is 1. The van der Waals surface area contributed by atoms with Gasteiger partial charge in [0.25, 0.3) is 0 Å². The van der Waals surface area contributed by atoms with Crippen molar-refractivity contribution >= 4 is 0 Å². The first kappa shape index (κ1) is 11.1. The van der Waals surface area contributed by atoms with Crippen molar-refractivity contribution in [1.82, 2.24) is 0 Å². The van der Waals surface area contributed by atoms with Crippen LogP contribution >= 0.6 is 0 Å². The van der Waals surface area contributed by atoms with Gasteiger partial charge in [-0.25, -0.2) is 4.39 Å². The molecular formula is C10H15FN2O. The van der Waals surface area contributed by atoms with Gasteiger partial charge >= 0.3 is 0 Å². The molecule has 0 unspecified atom stereocenters. The van der Waals surface area contributed by atoms with Crippen LogP contribution in [0, 0.1) is 5.82 Å². The molecule has 0 saturated carbocycles. The summed E-state index contributed by atoms with van der Waals surface area (Å²) in [5.41, 5.74) is 12.0. The minimum absolute atomic E-state index is 0.163. The van der Waals surface area contributed by atoms with Crippen LogP contribution in [0.15, 0.2) is 18.2 Å². The highest BCUT2D eigenvalue weighted by Crippen LogP contribution is 2.17. The van der Waals surface area contributed by atoms with Crippen molar-refractivity contribution in [2.75, 3.05) is 0 Å². The van der Waals surface area contributed by atoms with E-state index in [9.17, 15) is 9.50 Å². The first-order valence-corrected chi connectivity index (χ1v) is 4.48. The van der Waals surface area contributed by atoms with Crippen molar-refractivity contribution in [2.24, 2.45) is 11.5 Å². The Kier molecular flexibility index (Phi) is 3.57. The van der Waals surface area contributed by atoms with Crippen molar-refractivity contribution in [2.45, 2.75) is 25.6 Å². The molecule has 78 valence electrons. The van der Waals surface area contributed by atoms with E-state index in [0.717, 1.165) is 0 Å². The lowest BCUT2D eigenvalue weighted by molar-refractivity contribution is 0.164. The van der Waals surface area contributed by atoms with Crippen LogP contribution in [0.5, 0.6) is 0 Å². The predicted octanol–water partition coefficient (Wildman–Crippen LogP) is 0.665. The van der Waals surface area contributed by atoms with E-state index >= 15 is 0 Å². The molecule has 0 radical (unpaired) electrons. The average molecular weight is 198 g/mol. The Balaban J connectivity index is 2.96. The third-order valence-electron chi connectivity index (χ3n) is 2.20. The third-order valence-corrected chi connectivity index (χ3v) is 2.20. The summed E-state index contributed by atoms with van der Waals surface area (Å²) in [6, 6.07) is 4.03. The van der Waals surface area contributed by atoms with E-state index in [1.54, 1.807) is 19.1 Å². The average Bonchev–Trinajstić information content (AvgIpc) is 2.16. The summed E-state index contributed by atoms with van der Waals surface area (Å²) in [5, 5.41) is 9.22. The van der Waals surface area contributed by atoms with Crippen molar-refractivity contribution in [3.8, 4) is 0 Å². The topological polar surface area (TPSA) is 72.3 Å². The van der Waals surface area contributed by atoms with Gasteiger partial charge in [0.05, 0.1) is 12.1 Å². The van der Waals surface area contributed by atoms with Gasteiger partial charge < -0.3 is 16.6 Å². The lowest BCUT2D eigenvalue weighted by Gasteiger charge is -2.15. The number of aliphatic hydroxyl groups excluding tert-OH is 1. The van der Waals surface area contributed by atoms with Gasteiger partial charge in [-0.05, 0) is 18.6 Å². The molecule has 1 aromatic carbocycles. The zero-order valence-corrected chi connectivity index (χ0v) is 8.07. The minimum atomic E-state index is -0.696. The molecule has 1 aromatic rings. The number of aliphatic hydroxyl groups is 1. The van der Waals surface area contributed by atoms with Gasteiger partial charge in [-0.15, -0.1) is 0 Å². The summed E-state index contributed by atoms with van der Waals surface area (Å²) in [6.45, 7) is 1.73. The van der Waals surface area contributed by atoms with Crippen LogP contribution in [0.4, 0.5) is 4.39 Å². The Labute approximate surface area is 82.5 Å². The van der Waals surface area contributed by atoms with E-state index in [1.165, 1.54) is 6.07 Å². The third kappa shape index (κ3) is 2.29. The fourth-order valence-electron chi connectivity index (χ4n) is 1.21. The second kappa shape index (κ2) is 4.50. The minimum Gasteiger partial charge on any atom is -0.391 e. The van der Waals surface area contributed by atoms with E-state index < -0.39 is 12.1 Å². The molecule has 0 aromatic heterocycles. The molecule has 0 heterocycles. The Hall–Kier alpha value is -0.970. The van der Waals surface area contributed by atoms with E-state index in [1.807, 2.05) is 0 Å². The lowest BCUT2D eigenvalue weighted by Crippen LogP contribution is -2.23. The molecule has 1 rings (SSSR count).